The number of aliphatic carboxylic acids is 1. The number of carboxylic acids is 1. The molecule has 1 aliphatic rings. The van der Waals surface area contributed by atoms with Gasteiger partial charge >= 0.3 is 5.97 Å². The predicted molar refractivity (Wildman–Crippen MR) is 162 cm³/mol. The molecule has 0 amide bonds. The van der Waals surface area contributed by atoms with Gasteiger partial charge in [-0.15, -0.1) is 0 Å². The fraction of sp³-hybridized carbons (Fsp3) is 0.441. The van der Waals surface area contributed by atoms with Crippen LogP contribution in [-0.4, -0.2) is 48.3 Å². The van der Waals surface area contributed by atoms with Crippen LogP contribution in [0.5, 0.6) is 11.5 Å². The van der Waals surface area contributed by atoms with Gasteiger partial charge in [0.2, 0.25) is 0 Å². The maximum atomic E-state index is 13.4. The Morgan fingerprint density at radius 1 is 0.977 bits per heavy atom. The molecule has 0 aliphatic heterocycles. The summed E-state index contributed by atoms with van der Waals surface area (Å²) in [7, 11) is 0. The molecule has 3 aromatic rings. The van der Waals surface area contributed by atoms with Crippen molar-refractivity contribution in [3.8, 4) is 11.5 Å². The second-order valence-corrected chi connectivity index (χ2v) is 11.8. The highest BCUT2D eigenvalue weighted by Gasteiger charge is 2.24. The van der Waals surface area contributed by atoms with E-state index in [1.54, 1.807) is 0 Å². The number of carbonyl (C=O) groups is 1. The molecule has 6 nitrogen and oxygen atoms in total. The number of rotatable bonds is 13. The molecule has 0 unspecified atom stereocenters. The van der Waals surface area contributed by atoms with Crippen LogP contribution in [0.2, 0.25) is 0 Å². The summed E-state index contributed by atoms with van der Waals surface area (Å²) in [4.78, 5) is 13.6. The average molecular weight is 601 g/mol. The number of nitrogens with zero attached hydrogens (tertiary/aromatic N) is 1. The maximum absolute atomic E-state index is 13.4. The van der Waals surface area contributed by atoms with E-state index in [9.17, 15) is 23.1 Å². The zero-order valence-corrected chi connectivity index (χ0v) is 25.4. The first-order valence-corrected chi connectivity index (χ1v) is 14.7. The summed E-state index contributed by atoms with van der Waals surface area (Å²) < 4.78 is 50.4. The molecular formula is C34H43F3N2O4. The monoisotopic (exact) mass is 600 g/mol. The first-order chi connectivity index (χ1) is 20.4. The second-order valence-electron chi connectivity index (χ2n) is 11.8. The quantitative estimate of drug-likeness (QED) is 0.212. The number of halogens is 3. The Bertz CT molecular complexity index is 1310. The van der Waals surface area contributed by atoms with E-state index in [0.29, 0.717) is 43.2 Å². The molecule has 3 aromatic carbocycles. The topological polar surface area (TPSA) is 85.0 Å². The highest BCUT2D eigenvalue weighted by Crippen LogP contribution is 2.30. The molecule has 1 fully saturated rings. The molecule has 1 saturated carbocycles. The summed E-state index contributed by atoms with van der Waals surface area (Å²) in [6, 6.07) is 16.5. The lowest BCUT2D eigenvalue weighted by atomic mass is 9.87. The van der Waals surface area contributed by atoms with Crippen LogP contribution in [0.4, 0.5) is 13.2 Å². The Morgan fingerprint density at radius 3 is 2.12 bits per heavy atom. The van der Waals surface area contributed by atoms with Crippen LogP contribution in [0.15, 0.2) is 60.7 Å². The van der Waals surface area contributed by atoms with Gasteiger partial charge in [-0.3, -0.25) is 4.90 Å². The van der Waals surface area contributed by atoms with Gasteiger partial charge in [0, 0.05) is 37.7 Å². The molecule has 4 rings (SSSR count). The summed E-state index contributed by atoms with van der Waals surface area (Å²) in [6.07, 6.45) is 1.76. The smallest absolute Gasteiger partial charge is 0.345 e. The van der Waals surface area contributed by atoms with Crippen molar-refractivity contribution in [2.24, 2.45) is 11.7 Å². The summed E-state index contributed by atoms with van der Waals surface area (Å²) >= 11 is 0. The van der Waals surface area contributed by atoms with Crippen molar-refractivity contribution in [3.63, 3.8) is 0 Å². The number of hydrogen-bond donors (Lipinski definition) is 2. The van der Waals surface area contributed by atoms with Crippen LogP contribution in [0, 0.1) is 23.4 Å². The van der Waals surface area contributed by atoms with Crippen molar-refractivity contribution in [1.82, 2.24) is 4.90 Å². The minimum atomic E-state index is -1.13. The first-order valence-electron chi connectivity index (χ1n) is 14.7. The van der Waals surface area contributed by atoms with Gasteiger partial charge < -0.3 is 20.3 Å². The van der Waals surface area contributed by atoms with Gasteiger partial charge in [0.15, 0.2) is 17.7 Å². The fourth-order valence-electron chi connectivity index (χ4n) is 4.39. The van der Waals surface area contributed by atoms with Gasteiger partial charge in [0.25, 0.3) is 0 Å². The van der Waals surface area contributed by atoms with Gasteiger partial charge in [-0.05, 0) is 72.2 Å². The normalized spacial score (nSPS) is 13.7. The van der Waals surface area contributed by atoms with Crippen LogP contribution in [0.25, 0.3) is 0 Å². The molecule has 0 radical (unpaired) electrons. The van der Waals surface area contributed by atoms with Crippen molar-refractivity contribution < 1.29 is 32.5 Å². The van der Waals surface area contributed by atoms with Crippen LogP contribution in [0.3, 0.4) is 0 Å². The molecule has 0 aromatic heterocycles. The number of carboxylic acid groups (broad SMARTS) is 1. The Kier molecular flexibility index (Phi) is 12.5. The van der Waals surface area contributed by atoms with Crippen LogP contribution in [-0.2, 0) is 23.2 Å². The minimum absolute atomic E-state index is 0.0401. The molecule has 0 heterocycles. The van der Waals surface area contributed by atoms with E-state index >= 15 is 0 Å². The third-order valence-electron chi connectivity index (χ3n) is 7.15. The predicted octanol–water partition coefficient (Wildman–Crippen LogP) is 6.73. The van der Waals surface area contributed by atoms with E-state index in [-0.39, 0.29) is 17.4 Å². The third-order valence-corrected chi connectivity index (χ3v) is 7.15. The SMILES string of the molecule is CC(C)(C)c1ccc(O[C@@H](Cc2ccc(OCCN)cc2)C(=O)O)cc1.CCN(Cc1cc(F)c(F)cc1F)CC1CC1. The molecule has 0 saturated heterocycles. The Balaban J connectivity index is 0.000000257. The van der Waals surface area contributed by atoms with E-state index in [2.05, 4.69) is 25.7 Å². The molecule has 1 atom stereocenters. The molecule has 234 valence electrons. The molecule has 3 N–H and O–H groups in total. The van der Waals surface area contributed by atoms with Crippen LogP contribution >= 0.6 is 0 Å². The van der Waals surface area contributed by atoms with E-state index in [1.165, 1.54) is 18.4 Å². The maximum Gasteiger partial charge on any atom is 0.345 e. The van der Waals surface area contributed by atoms with E-state index in [0.717, 1.165) is 24.7 Å². The van der Waals surface area contributed by atoms with E-state index < -0.39 is 29.5 Å². The van der Waals surface area contributed by atoms with Gasteiger partial charge in [-0.2, -0.15) is 0 Å². The summed E-state index contributed by atoms with van der Waals surface area (Å²) in [5.74, 6) is -1.81. The molecule has 9 heteroatoms. The molecule has 43 heavy (non-hydrogen) atoms. The Morgan fingerprint density at radius 2 is 1.58 bits per heavy atom. The number of nitrogens with two attached hydrogens (primary N) is 1. The van der Waals surface area contributed by atoms with Crippen molar-refractivity contribution in [2.45, 2.75) is 65.0 Å². The van der Waals surface area contributed by atoms with Gasteiger partial charge in [-0.1, -0.05) is 52.0 Å². The van der Waals surface area contributed by atoms with E-state index in [4.69, 9.17) is 15.2 Å². The zero-order valence-electron chi connectivity index (χ0n) is 25.4. The number of benzene rings is 3. The first kappa shape index (κ1) is 33.9. The number of ether oxygens (including phenoxy) is 2. The summed E-state index contributed by atoms with van der Waals surface area (Å²) in [5.41, 5.74) is 7.71. The largest absolute Gasteiger partial charge is 0.492 e. The van der Waals surface area contributed by atoms with Crippen molar-refractivity contribution >= 4 is 5.97 Å². The molecule has 0 spiro atoms. The average Bonchev–Trinajstić information content (AvgIpc) is 3.79. The standard InChI is InChI=1S/C21H27NO4.C13H16F3N/c1-21(2,3)16-6-10-18(11-7-16)26-19(20(23)24)14-15-4-8-17(9-5-15)25-13-12-22;1-2-17(7-9-3-4-9)8-10-5-12(15)13(16)6-11(10)14/h4-11,19H,12-14,22H2,1-3H3,(H,23,24);5-6,9H,2-4,7-8H2,1H3/t19-;/m0./s1. The Hall–Kier alpha value is -3.56. The lowest BCUT2D eigenvalue weighted by molar-refractivity contribution is -0.145. The summed E-state index contributed by atoms with van der Waals surface area (Å²) in [6.45, 7) is 11.3. The van der Waals surface area contributed by atoms with Crippen LogP contribution < -0.4 is 15.2 Å². The van der Waals surface area contributed by atoms with Crippen LogP contribution in [0.1, 0.15) is 57.2 Å². The highest BCUT2D eigenvalue weighted by molar-refractivity contribution is 5.73. The van der Waals surface area contributed by atoms with Gasteiger partial charge in [0.05, 0.1) is 0 Å². The molecule has 1 aliphatic carbocycles. The molecule has 0 bridgehead atoms. The van der Waals surface area contributed by atoms with E-state index in [1.807, 2.05) is 55.5 Å². The summed E-state index contributed by atoms with van der Waals surface area (Å²) in [5, 5.41) is 9.49. The Labute approximate surface area is 252 Å². The van der Waals surface area contributed by atoms with Gasteiger partial charge in [0.1, 0.15) is 23.9 Å². The van der Waals surface area contributed by atoms with Crippen molar-refractivity contribution in [1.29, 1.82) is 0 Å². The molecular weight excluding hydrogens is 557 g/mol. The lowest BCUT2D eigenvalue weighted by Crippen LogP contribution is -2.29. The highest BCUT2D eigenvalue weighted by atomic mass is 19.2. The lowest BCUT2D eigenvalue weighted by Gasteiger charge is -2.20. The van der Waals surface area contributed by atoms with Crippen molar-refractivity contribution in [2.75, 3.05) is 26.2 Å². The fourth-order valence-corrected chi connectivity index (χ4v) is 4.39. The van der Waals surface area contributed by atoms with Gasteiger partial charge in [-0.25, -0.2) is 18.0 Å². The zero-order chi connectivity index (χ0) is 31.6. The third kappa shape index (κ3) is 11.2. The minimum Gasteiger partial charge on any atom is -0.492 e. The number of hydrogen-bond acceptors (Lipinski definition) is 5. The van der Waals surface area contributed by atoms with Crippen molar-refractivity contribution in [3.05, 3.63) is 94.8 Å². The second kappa shape index (κ2) is 15.8.